The summed E-state index contributed by atoms with van der Waals surface area (Å²) in [7, 11) is -5.33. The number of hydrogen-bond donors (Lipinski definition) is 1. The first-order valence-electron chi connectivity index (χ1n) is 19.7. The minimum Gasteiger partial charge on any atom is -0.387 e. The van der Waals surface area contributed by atoms with Crippen molar-refractivity contribution in [2.45, 2.75) is 34.2 Å². The maximum atomic E-state index is 16.9. The fourth-order valence-electron chi connectivity index (χ4n) is 7.15. The molecule has 0 aromatic heterocycles. The highest BCUT2D eigenvalue weighted by molar-refractivity contribution is 7.87. The number of halogens is 2. The van der Waals surface area contributed by atoms with Gasteiger partial charge in [0, 0.05) is 12.1 Å². The molecular formula is C49H39F2NO11S. The van der Waals surface area contributed by atoms with Crippen LogP contribution in [0.2, 0.25) is 0 Å². The lowest BCUT2D eigenvalue weighted by Crippen LogP contribution is -2.53. The molecule has 0 aliphatic carbocycles. The highest BCUT2D eigenvalue weighted by Gasteiger charge is 2.57. The predicted molar refractivity (Wildman–Crippen MR) is 229 cm³/mol. The molecule has 0 unspecified atom stereocenters. The molecule has 326 valence electrons. The number of nitro groups is 1. The molecule has 0 bridgehead atoms. The number of rotatable bonds is 19. The maximum Gasteiger partial charge on any atom is 0.395 e. The molecule has 15 heteroatoms. The Labute approximate surface area is 367 Å². The van der Waals surface area contributed by atoms with Gasteiger partial charge in [-0.3, -0.25) is 10.1 Å². The van der Waals surface area contributed by atoms with Gasteiger partial charge < -0.3 is 9.29 Å². The van der Waals surface area contributed by atoms with Gasteiger partial charge in [-0.2, -0.15) is 17.2 Å². The molecule has 12 nitrogen and oxygen atoms in total. The maximum absolute atomic E-state index is 16.9. The van der Waals surface area contributed by atoms with Gasteiger partial charge in [-0.1, -0.05) is 182 Å². The number of carbonyl (C=O) groups excluding carboxylic acids is 1. The van der Waals surface area contributed by atoms with Crippen molar-refractivity contribution in [3.63, 3.8) is 0 Å². The molecule has 1 N–H and O–H groups in total. The van der Waals surface area contributed by atoms with Gasteiger partial charge in [0.25, 0.3) is 5.69 Å². The zero-order valence-electron chi connectivity index (χ0n) is 33.6. The summed E-state index contributed by atoms with van der Waals surface area (Å²) in [5.41, 5.74) is -1.11. The molecule has 0 radical (unpaired) electrons. The van der Waals surface area contributed by atoms with Crippen molar-refractivity contribution in [3.05, 3.63) is 250 Å². The van der Waals surface area contributed by atoms with Gasteiger partial charge in [0.1, 0.15) is 17.6 Å². The van der Waals surface area contributed by atoms with E-state index in [-0.39, 0.29) is 0 Å². The van der Waals surface area contributed by atoms with Gasteiger partial charge in [-0.05, 0) is 45.5 Å². The highest BCUT2D eigenvalue weighted by Crippen LogP contribution is 2.43. The smallest absolute Gasteiger partial charge is 0.387 e. The first-order valence-corrected chi connectivity index (χ1v) is 21.1. The Hall–Kier alpha value is -6.98. The van der Waals surface area contributed by atoms with Crippen LogP contribution in [0, 0.1) is 10.1 Å². The van der Waals surface area contributed by atoms with Crippen LogP contribution in [0.1, 0.15) is 33.4 Å². The molecular weight excluding hydrogens is 849 g/mol. The van der Waals surface area contributed by atoms with Crippen LogP contribution < -0.4 is 0 Å². The fourth-order valence-corrected chi connectivity index (χ4v) is 8.03. The minimum atomic E-state index is -5.33. The molecule has 0 heterocycles. The SMILES string of the molecule is O=C(OS(=O)(=O)c1ccc([N+](=O)[O-])cc1)C(F)(F)[C@H](OOC(c1ccccc1)(c1ccccc1)c1ccccc1)[C@H](O)COOC(c1ccccc1)(c1ccccc1)c1ccccc1. The van der Waals surface area contributed by atoms with Crippen molar-refractivity contribution >= 4 is 21.8 Å². The summed E-state index contributed by atoms with van der Waals surface area (Å²) in [4.78, 5) is 46.8. The van der Waals surface area contributed by atoms with E-state index in [0.717, 1.165) is 12.1 Å². The van der Waals surface area contributed by atoms with Gasteiger partial charge in [0.15, 0.2) is 17.3 Å². The number of nitrogens with zero attached hydrogens (tertiary/aromatic N) is 1. The lowest BCUT2D eigenvalue weighted by Gasteiger charge is -2.37. The van der Waals surface area contributed by atoms with Gasteiger partial charge in [0.05, 0.1) is 4.92 Å². The van der Waals surface area contributed by atoms with E-state index in [0.29, 0.717) is 45.5 Å². The van der Waals surface area contributed by atoms with E-state index in [1.54, 1.807) is 182 Å². The van der Waals surface area contributed by atoms with E-state index in [2.05, 4.69) is 4.18 Å². The van der Waals surface area contributed by atoms with Gasteiger partial charge in [-0.15, -0.1) is 0 Å². The second kappa shape index (κ2) is 19.6. The van der Waals surface area contributed by atoms with Crippen LogP contribution >= 0.6 is 0 Å². The molecule has 0 fully saturated rings. The van der Waals surface area contributed by atoms with Crippen LogP contribution in [0.3, 0.4) is 0 Å². The molecule has 7 aromatic rings. The number of hydrogen-bond acceptors (Lipinski definition) is 11. The van der Waals surface area contributed by atoms with Crippen LogP contribution in [0.15, 0.2) is 211 Å². The number of nitro benzene ring substituents is 1. The van der Waals surface area contributed by atoms with E-state index in [4.69, 9.17) is 19.6 Å². The summed E-state index contributed by atoms with van der Waals surface area (Å²) in [6.07, 6.45) is -5.59. The van der Waals surface area contributed by atoms with E-state index in [9.17, 15) is 28.4 Å². The van der Waals surface area contributed by atoms with Crippen LogP contribution in [0.5, 0.6) is 0 Å². The summed E-state index contributed by atoms with van der Waals surface area (Å²) in [5.74, 6) is -7.70. The summed E-state index contributed by atoms with van der Waals surface area (Å²) in [6, 6.07) is 54.8. The van der Waals surface area contributed by atoms with Gasteiger partial charge in [-0.25, -0.2) is 24.3 Å². The lowest BCUT2D eigenvalue weighted by atomic mass is 9.80. The molecule has 0 spiro atoms. The summed E-state index contributed by atoms with van der Waals surface area (Å²) in [6.45, 7) is -1.12. The van der Waals surface area contributed by atoms with E-state index >= 15 is 8.78 Å². The molecule has 2 atom stereocenters. The van der Waals surface area contributed by atoms with Crippen LogP contribution in [0.4, 0.5) is 14.5 Å². The van der Waals surface area contributed by atoms with Crippen molar-refractivity contribution < 1.29 is 55.8 Å². The molecule has 0 aliphatic heterocycles. The third-order valence-electron chi connectivity index (χ3n) is 10.3. The van der Waals surface area contributed by atoms with Gasteiger partial charge >= 0.3 is 22.0 Å². The normalized spacial score (nSPS) is 13.1. The van der Waals surface area contributed by atoms with E-state index in [1.165, 1.54) is 0 Å². The number of alkyl halides is 2. The molecule has 0 aliphatic rings. The van der Waals surface area contributed by atoms with E-state index in [1.807, 2.05) is 0 Å². The number of carbonyl (C=O) groups is 1. The first-order chi connectivity index (χ1) is 30.9. The predicted octanol–water partition coefficient (Wildman–Crippen LogP) is 9.07. The van der Waals surface area contributed by atoms with Crippen molar-refractivity contribution in [2.75, 3.05) is 6.61 Å². The number of aliphatic hydroxyl groups excluding tert-OH is 1. The van der Waals surface area contributed by atoms with Crippen LogP contribution in [0.25, 0.3) is 0 Å². The van der Waals surface area contributed by atoms with Crippen LogP contribution in [-0.2, 0) is 49.8 Å². The molecule has 0 saturated carbocycles. The molecule has 0 amide bonds. The Balaban J connectivity index is 1.28. The second-order valence-corrected chi connectivity index (χ2v) is 15.8. The van der Waals surface area contributed by atoms with Crippen LogP contribution in [-0.4, -0.2) is 49.2 Å². The average molecular weight is 888 g/mol. The first kappa shape index (κ1) is 45.1. The average Bonchev–Trinajstić information content (AvgIpc) is 3.33. The second-order valence-electron chi connectivity index (χ2n) is 14.3. The number of non-ortho nitro benzene ring substituents is 1. The zero-order valence-corrected chi connectivity index (χ0v) is 34.4. The van der Waals surface area contributed by atoms with Crippen molar-refractivity contribution in [1.29, 1.82) is 0 Å². The van der Waals surface area contributed by atoms with Crippen molar-refractivity contribution in [3.8, 4) is 0 Å². The van der Waals surface area contributed by atoms with Crippen molar-refractivity contribution in [2.24, 2.45) is 0 Å². The Morgan fingerprint density at radius 1 is 0.562 bits per heavy atom. The van der Waals surface area contributed by atoms with E-state index < -0.39 is 67.5 Å². The Kier molecular flexibility index (Phi) is 13.8. The minimum absolute atomic E-state index is 0.380. The number of aliphatic hydroxyl groups is 1. The fraction of sp³-hybridized carbons (Fsp3) is 0.122. The molecule has 0 saturated heterocycles. The third-order valence-corrected chi connectivity index (χ3v) is 11.5. The summed E-state index contributed by atoms with van der Waals surface area (Å²) in [5, 5.41) is 23.0. The largest absolute Gasteiger partial charge is 0.395 e. The summed E-state index contributed by atoms with van der Waals surface area (Å²) >= 11 is 0. The third kappa shape index (κ3) is 9.35. The highest BCUT2D eigenvalue weighted by atomic mass is 32.2. The Morgan fingerprint density at radius 2 is 0.891 bits per heavy atom. The topological polar surface area (TPSA) is 161 Å². The quantitative estimate of drug-likeness (QED) is 0.0271. The van der Waals surface area contributed by atoms with Crippen molar-refractivity contribution in [1.82, 2.24) is 0 Å². The Morgan fingerprint density at radius 3 is 1.22 bits per heavy atom. The number of benzene rings is 7. The lowest BCUT2D eigenvalue weighted by molar-refractivity contribution is -0.415. The molecule has 7 rings (SSSR count). The molecule has 64 heavy (non-hydrogen) atoms. The zero-order chi connectivity index (χ0) is 45.2. The monoisotopic (exact) mass is 887 g/mol. The standard InChI is InChI=1S/C49H39F2NO11S/c50-49(51,46(54)61-64(57,58)43-33-31-42(32-34-43)52(55)56)45(60-63-48(39-25-13-4-14-26-39,40-27-15-5-16-28-40)41-29-17-6-18-30-41)44(53)35-59-62-47(36-19-7-1-8-20-36,37-21-9-2-10-22-37)38-23-11-3-12-24-38/h1-34,44-45,53H,35H2/t44-,45-/m1/s1. The molecule has 7 aromatic carbocycles. The summed E-state index contributed by atoms with van der Waals surface area (Å²) < 4.78 is 64.6. The Bertz CT molecular complexity index is 2530. The van der Waals surface area contributed by atoms with Gasteiger partial charge in [0.2, 0.25) is 0 Å².